The van der Waals surface area contributed by atoms with Gasteiger partial charge >= 0.3 is 0 Å². The third-order valence-corrected chi connectivity index (χ3v) is 2.96. The molecule has 2 N–H and O–H groups in total. The predicted molar refractivity (Wildman–Crippen MR) is 75.8 cm³/mol. The van der Waals surface area contributed by atoms with E-state index in [9.17, 15) is 4.79 Å². The highest BCUT2D eigenvalue weighted by Crippen LogP contribution is 2.35. The quantitative estimate of drug-likeness (QED) is 0.909. The Kier molecular flexibility index (Phi) is 4.14. The maximum absolute atomic E-state index is 12.0. The molecule has 1 amide bonds. The number of carbonyl (C=O) groups excluding carboxylic acids is 1. The molecule has 0 bridgehead atoms. The molecule has 0 fully saturated rings. The summed E-state index contributed by atoms with van der Waals surface area (Å²) < 4.78 is 10.3. The standard InChI is InChI=1S/C13H14ClN3O3/c1-7-15-6-10(16-7)13(18)17-9-4-8(14)11(19-2)5-12(9)20-3/h4-6H,1-3H3,(H,15,16)(H,17,18). The first-order chi connectivity index (χ1) is 9.55. The number of nitrogens with one attached hydrogen (secondary N) is 2. The molecule has 1 aromatic carbocycles. The molecule has 2 rings (SSSR count). The number of amides is 1. The van der Waals surface area contributed by atoms with E-state index in [4.69, 9.17) is 21.1 Å². The molecule has 1 aromatic heterocycles. The van der Waals surface area contributed by atoms with Crippen molar-refractivity contribution >= 4 is 23.2 Å². The van der Waals surface area contributed by atoms with Crippen LogP contribution in [0.3, 0.4) is 0 Å². The fourth-order valence-corrected chi connectivity index (χ4v) is 1.92. The first-order valence-corrected chi connectivity index (χ1v) is 6.17. The van der Waals surface area contributed by atoms with Crippen LogP contribution in [0.2, 0.25) is 5.02 Å². The zero-order valence-electron chi connectivity index (χ0n) is 11.3. The summed E-state index contributed by atoms with van der Waals surface area (Å²) in [7, 11) is 3.00. The molecule has 0 aliphatic rings. The van der Waals surface area contributed by atoms with E-state index < -0.39 is 0 Å². The zero-order valence-corrected chi connectivity index (χ0v) is 12.0. The fourth-order valence-electron chi connectivity index (χ4n) is 1.68. The van der Waals surface area contributed by atoms with Gasteiger partial charge < -0.3 is 19.8 Å². The topological polar surface area (TPSA) is 76.2 Å². The van der Waals surface area contributed by atoms with Crippen molar-refractivity contribution in [2.45, 2.75) is 6.92 Å². The Balaban J connectivity index is 2.28. The molecule has 6 nitrogen and oxygen atoms in total. The molecule has 0 atom stereocenters. The summed E-state index contributed by atoms with van der Waals surface area (Å²) in [6.45, 7) is 1.77. The van der Waals surface area contributed by atoms with Gasteiger partial charge in [-0.05, 0) is 13.0 Å². The van der Waals surface area contributed by atoms with Crippen LogP contribution in [0.1, 0.15) is 16.3 Å². The summed E-state index contributed by atoms with van der Waals surface area (Å²) in [5, 5.41) is 3.09. The summed E-state index contributed by atoms with van der Waals surface area (Å²) in [5.74, 6) is 1.26. The number of nitrogens with zero attached hydrogens (tertiary/aromatic N) is 1. The van der Waals surface area contributed by atoms with Gasteiger partial charge in [-0.15, -0.1) is 0 Å². The van der Waals surface area contributed by atoms with E-state index in [2.05, 4.69) is 15.3 Å². The molecular weight excluding hydrogens is 282 g/mol. The number of benzene rings is 1. The molecule has 0 aliphatic heterocycles. The molecule has 0 radical (unpaired) electrons. The molecule has 20 heavy (non-hydrogen) atoms. The lowest BCUT2D eigenvalue weighted by atomic mass is 10.2. The second-order valence-corrected chi connectivity index (χ2v) is 4.43. The lowest BCUT2D eigenvalue weighted by molar-refractivity contribution is 0.102. The fraction of sp³-hybridized carbons (Fsp3) is 0.231. The van der Waals surface area contributed by atoms with Gasteiger partial charge in [0.1, 0.15) is 23.0 Å². The average Bonchev–Trinajstić information content (AvgIpc) is 2.86. The summed E-state index contributed by atoms with van der Waals surface area (Å²) in [6, 6.07) is 3.18. The van der Waals surface area contributed by atoms with Crippen molar-refractivity contribution < 1.29 is 14.3 Å². The van der Waals surface area contributed by atoms with Crippen molar-refractivity contribution in [1.29, 1.82) is 0 Å². The number of H-pyrrole nitrogens is 1. The maximum Gasteiger partial charge on any atom is 0.273 e. The van der Waals surface area contributed by atoms with Crippen molar-refractivity contribution in [2.24, 2.45) is 0 Å². The lowest BCUT2D eigenvalue weighted by Crippen LogP contribution is -2.13. The van der Waals surface area contributed by atoms with Gasteiger partial charge in [-0.2, -0.15) is 0 Å². The van der Waals surface area contributed by atoms with Crippen LogP contribution in [0.4, 0.5) is 5.69 Å². The van der Waals surface area contributed by atoms with Crippen molar-refractivity contribution in [3.8, 4) is 11.5 Å². The Bertz CT molecular complexity index is 640. The number of halogens is 1. The Morgan fingerprint density at radius 1 is 1.30 bits per heavy atom. The number of aromatic nitrogens is 2. The average molecular weight is 296 g/mol. The van der Waals surface area contributed by atoms with Gasteiger partial charge in [0.2, 0.25) is 0 Å². The van der Waals surface area contributed by atoms with Gasteiger partial charge in [-0.25, -0.2) is 4.98 Å². The van der Waals surface area contributed by atoms with Gasteiger partial charge in [0.25, 0.3) is 5.91 Å². The van der Waals surface area contributed by atoms with Crippen LogP contribution >= 0.6 is 11.6 Å². The number of rotatable bonds is 4. The highest BCUT2D eigenvalue weighted by atomic mass is 35.5. The smallest absolute Gasteiger partial charge is 0.273 e. The van der Waals surface area contributed by atoms with Gasteiger partial charge in [-0.3, -0.25) is 4.79 Å². The Labute approximate surface area is 121 Å². The first kappa shape index (κ1) is 14.2. The molecule has 0 aliphatic carbocycles. The minimum atomic E-state index is -0.329. The molecule has 7 heteroatoms. The van der Waals surface area contributed by atoms with Gasteiger partial charge in [-0.1, -0.05) is 11.6 Å². The Hall–Kier alpha value is -2.21. The number of aryl methyl sites for hydroxylation is 1. The number of hydrogen-bond acceptors (Lipinski definition) is 4. The third-order valence-electron chi connectivity index (χ3n) is 2.67. The number of anilines is 1. The van der Waals surface area contributed by atoms with E-state index in [0.29, 0.717) is 33.7 Å². The summed E-state index contributed by atoms with van der Waals surface area (Å²) >= 11 is 6.04. The van der Waals surface area contributed by atoms with Crippen LogP contribution in [0.15, 0.2) is 18.3 Å². The number of imidazole rings is 1. The zero-order chi connectivity index (χ0) is 14.7. The van der Waals surface area contributed by atoms with E-state index in [1.807, 2.05) is 0 Å². The predicted octanol–water partition coefficient (Wildman–Crippen LogP) is 2.64. The highest BCUT2D eigenvalue weighted by molar-refractivity contribution is 6.32. The number of aromatic amines is 1. The minimum Gasteiger partial charge on any atom is -0.495 e. The molecular formula is C13H14ClN3O3. The number of methoxy groups -OCH3 is 2. The highest BCUT2D eigenvalue weighted by Gasteiger charge is 2.14. The molecule has 0 saturated carbocycles. The maximum atomic E-state index is 12.0. The summed E-state index contributed by atoms with van der Waals surface area (Å²) in [6.07, 6.45) is 1.46. The van der Waals surface area contributed by atoms with E-state index in [-0.39, 0.29) is 5.91 Å². The van der Waals surface area contributed by atoms with E-state index in [1.54, 1.807) is 19.1 Å². The monoisotopic (exact) mass is 295 g/mol. The molecule has 2 aromatic rings. The largest absolute Gasteiger partial charge is 0.495 e. The van der Waals surface area contributed by atoms with Crippen molar-refractivity contribution in [3.63, 3.8) is 0 Å². The SMILES string of the molecule is COc1cc(OC)c(NC(=O)c2cnc(C)[nH]2)cc1Cl. The second-order valence-electron chi connectivity index (χ2n) is 4.02. The van der Waals surface area contributed by atoms with Gasteiger partial charge in [0.15, 0.2) is 0 Å². The molecule has 1 heterocycles. The van der Waals surface area contributed by atoms with Crippen LogP contribution in [0.5, 0.6) is 11.5 Å². The van der Waals surface area contributed by atoms with Crippen LogP contribution in [-0.2, 0) is 0 Å². The van der Waals surface area contributed by atoms with E-state index >= 15 is 0 Å². The van der Waals surface area contributed by atoms with Crippen LogP contribution in [0, 0.1) is 6.92 Å². The van der Waals surface area contributed by atoms with Crippen molar-refractivity contribution in [3.05, 3.63) is 34.9 Å². The molecule has 106 valence electrons. The number of ether oxygens (including phenoxy) is 2. The Morgan fingerprint density at radius 3 is 2.55 bits per heavy atom. The van der Waals surface area contributed by atoms with E-state index in [1.165, 1.54) is 20.4 Å². The first-order valence-electron chi connectivity index (χ1n) is 5.79. The third kappa shape index (κ3) is 2.85. The van der Waals surface area contributed by atoms with Crippen molar-refractivity contribution in [2.75, 3.05) is 19.5 Å². The molecule has 0 saturated heterocycles. The molecule has 0 unspecified atom stereocenters. The van der Waals surface area contributed by atoms with E-state index in [0.717, 1.165) is 0 Å². The number of carbonyl (C=O) groups is 1. The second kappa shape index (κ2) is 5.83. The van der Waals surface area contributed by atoms with Crippen molar-refractivity contribution in [1.82, 2.24) is 9.97 Å². The lowest BCUT2D eigenvalue weighted by Gasteiger charge is -2.12. The Morgan fingerprint density at radius 2 is 2.00 bits per heavy atom. The van der Waals surface area contributed by atoms with Gasteiger partial charge in [0, 0.05) is 6.07 Å². The summed E-state index contributed by atoms with van der Waals surface area (Å²) in [5.41, 5.74) is 0.812. The van der Waals surface area contributed by atoms with Crippen LogP contribution in [0.25, 0.3) is 0 Å². The number of hydrogen-bond donors (Lipinski definition) is 2. The molecule has 0 spiro atoms. The van der Waals surface area contributed by atoms with Gasteiger partial charge in [0.05, 0.1) is 31.1 Å². The van der Waals surface area contributed by atoms with Crippen LogP contribution < -0.4 is 14.8 Å². The minimum absolute atomic E-state index is 0.329. The summed E-state index contributed by atoms with van der Waals surface area (Å²) in [4.78, 5) is 18.9. The van der Waals surface area contributed by atoms with Crippen LogP contribution in [-0.4, -0.2) is 30.1 Å². The normalized spacial score (nSPS) is 10.2.